The molecule has 104 valence electrons. The van der Waals surface area contributed by atoms with Gasteiger partial charge in [-0.15, -0.1) is 0 Å². The van der Waals surface area contributed by atoms with Crippen molar-refractivity contribution >= 4 is 22.1 Å². The van der Waals surface area contributed by atoms with E-state index in [4.69, 9.17) is 4.79 Å². The maximum atomic E-state index is 9.05. The Hall–Kier alpha value is 0.399. The Morgan fingerprint density at radius 2 is 1.17 bits per heavy atom. The molecule has 1 nitrogen and oxygen atoms in total. The maximum Gasteiger partial charge on any atom is 6.00 e. The second-order valence-corrected chi connectivity index (χ2v) is 10.5. The van der Waals surface area contributed by atoms with Crippen LogP contribution in [-0.2, 0) is 21.9 Å². The van der Waals surface area contributed by atoms with E-state index in [1.54, 1.807) is 13.2 Å². The summed E-state index contributed by atoms with van der Waals surface area (Å²) in [6.07, 6.45) is 2.19. The summed E-state index contributed by atoms with van der Waals surface area (Å²) in [5, 5.41) is 0. The van der Waals surface area contributed by atoms with Crippen molar-refractivity contribution in [2.75, 3.05) is 40.0 Å². The Morgan fingerprint density at radius 3 is 1.22 bits per heavy atom. The van der Waals surface area contributed by atoms with Crippen molar-refractivity contribution in [1.29, 1.82) is 0 Å². The van der Waals surface area contributed by atoms with Gasteiger partial charge in [0.15, 0.2) is 0 Å². The standard InChI is InChI=1S/C5H5.C3H5O.2C3H9P.Fe/c1-2-4-5-3-1;1-2-3-4;2*1-4(2)3;/h1-5H;2H2,1H3;2*1-3H3;/q2*-1;;;+6/p+2. The Kier molecular flexibility index (Phi) is 38.9. The quantitative estimate of drug-likeness (QED) is 0.430. The number of carbonyl (C=O) groups excluding carboxylic acids is 1. The van der Waals surface area contributed by atoms with E-state index in [0.29, 0.717) is 6.42 Å². The SMILES string of the molecule is CC[C-]=O.C[PH+](C)C.C[PH+](C)C.[Fe+6].c1cc[cH-]c1. The van der Waals surface area contributed by atoms with E-state index in [0.717, 1.165) is 0 Å². The van der Waals surface area contributed by atoms with Crippen molar-refractivity contribution < 1.29 is 21.9 Å². The minimum atomic E-state index is 0. The monoisotopic (exact) mass is 332 g/mol. The molecular weight excluding hydrogens is 302 g/mol. The largest absolute Gasteiger partial charge is 6.00 e. The number of rotatable bonds is 1. The van der Waals surface area contributed by atoms with Crippen LogP contribution in [0.1, 0.15) is 13.3 Å². The van der Waals surface area contributed by atoms with Gasteiger partial charge in [-0.1, -0.05) is 6.92 Å². The third-order valence-electron chi connectivity index (χ3n) is 0.700. The third-order valence-corrected chi connectivity index (χ3v) is 0.700. The summed E-state index contributed by atoms with van der Waals surface area (Å²) < 4.78 is 0. The van der Waals surface area contributed by atoms with Crippen LogP contribution in [-0.4, -0.2) is 46.3 Å². The van der Waals surface area contributed by atoms with Crippen LogP contribution >= 0.6 is 15.8 Å². The van der Waals surface area contributed by atoms with Crippen LogP contribution in [0.25, 0.3) is 0 Å². The molecule has 0 bridgehead atoms. The third kappa shape index (κ3) is 95.0. The molecule has 0 aliphatic heterocycles. The fraction of sp³-hybridized carbons (Fsp3) is 0.571. The van der Waals surface area contributed by atoms with Gasteiger partial charge in [0.05, 0.1) is 0 Å². The smallest absolute Gasteiger partial charge is 0.542 e. The summed E-state index contributed by atoms with van der Waals surface area (Å²) in [5.41, 5.74) is 0. The summed E-state index contributed by atoms with van der Waals surface area (Å²) in [6.45, 7) is 15.4. The summed E-state index contributed by atoms with van der Waals surface area (Å²) in [4.78, 5) is 9.05. The Balaban J connectivity index is -0.0000000719. The zero-order valence-corrected chi connectivity index (χ0v) is 16.0. The van der Waals surface area contributed by atoms with Gasteiger partial charge in [0, 0.05) is 40.0 Å². The predicted molar refractivity (Wildman–Crippen MR) is 90.2 cm³/mol. The van der Waals surface area contributed by atoms with Crippen molar-refractivity contribution in [3.05, 3.63) is 30.3 Å². The van der Waals surface area contributed by atoms with Gasteiger partial charge in [-0.05, 0) is 15.8 Å². The van der Waals surface area contributed by atoms with Crippen LogP contribution in [0.5, 0.6) is 0 Å². The first-order valence-electron chi connectivity index (χ1n) is 5.93. The van der Waals surface area contributed by atoms with E-state index in [1.165, 1.54) is 0 Å². The van der Waals surface area contributed by atoms with Gasteiger partial charge < -0.3 is 4.79 Å². The van der Waals surface area contributed by atoms with E-state index in [-0.39, 0.29) is 32.9 Å². The Morgan fingerprint density at radius 1 is 0.944 bits per heavy atom. The second kappa shape index (κ2) is 26.1. The fourth-order valence-corrected chi connectivity index (χ4v) is 0.321. The average Bonchev–Trinajstić information content (AvgIpc) is 2.73. The van der Waals surface area contributed by atoms with Gasteiger partial charge in [-0.2, -0.15) is 24.6 Å². The molecule has 0 N–H and O–H groups in total. The van der Waals surface area contributed by atoms with Gasteiger partial charge in [-0.25, -0.2) is 12.1 Å². The first-order chi connectivity index (χ1) is 7.88. The molecule has 4 heteroatoms. The minimum Gasteiger partial charge on any atom is -0.542 e. The normalized spacial score (nSPS) is 7.61. The summed E-state index contributed by atoms with van der Waals surface area (Å²) in [5.74, 6) is 0. The van der Waals surface area contributed by atoms with Crippen molar-refractivity contribution in [3.8, 4) is 0 Å². The summed E-state index contributed by atoms with van der Waals surface area (Å²) in [7, 11) is 0.241. The van der Waals surface area contributed by atoms with Crippen LogP contribution in [0, 0.1) is 0 Å². The van der Waals surface area contributed by atoms with Gasteiger partial charge in [0.25, 0.3) is 0 Å². The van der Waals surface area contributed by atoms with Crippen LogP contribution in [0.3, 0.4) is 0 Å². The van der Waals surface area contributed by atoms with E-state index < -0.39 is 0 Å². The average molecular weight is 332 g/mol. The van der Waals surface area contributed by atoms with Crippen LogP contribution < -0.4 is 0 Å². The molecule has 1 aromatic carbocycles. The molecule has 18 heavy (non-hydrogen) atoms. The van der Waals surface area contributed by atoms with Gasteiger partial charge in [0.1, 0.15) is 0 Å². The van der Waals surface area contributed by atoms with Crippen LogP contribution in [0.15, 0.2) is 30.3 Å². The molecule has 0 heterocycles. The minimum absolute atomic E-state index is 0. The molecule has 0 atom stereocenters. The molecule has 0 aliphatic carbocycles. The molecule has 0 radical (unpaired) electrons. The predicted octanol–water partition coefficient (Wildman–Crippen LogP) is 4.09. The molecule has 0 saturated heterocycles. The molecule has 1 aromatic rings. The van der Waals surface area contributed by atoms with E-state index in [2.05, 4.69) is 40.0 Å². The first-order valence-corrected chi connectivity index (χ1v) is 11.9. The summed E-state index contributed by atoms with van der Waals surface area (Å²) >= 11 is 0. The van der Waals surface area contributed by atoms with Crippen molar-refractivity contribution in [2.24, 2.45) is 0 Å². The molecule has 0 unspecified atom stereocenters. The molecule has 0 fully saturated rings. The van der Waals surface area contributed by atoms with Crippen LogP contribution in [0.4, 0.5) is 0 Å². The zero-order valence-electron chi connectivity index (χ0n) is 12.9. The van der Waals surface area contributed by atoms with Crippen molar-refractivity contribution in [2.45, 2.75) is 13.3 Å². The Labute approximate surface area is 127 Å². The molecule has 1 rings (SSSR count). The molecule has 0 aromatic heterocycles. The number of hydrogen-bond acceptors (Lipinski definition) is 1. The molecular formula is C14H30FeOP2+6. The zero-order chi connectivity index (χ0) is 14.1. The molecule has 0 aliphatic rings. The van der Waals surface area contributed by atoms with Crippen molar-refractivity contribution in [3.63, 3.8) is 0 Å². The fourth-order valence-electron chi connectivity index (χ4n) is 0.321. The topological polar surface area (TPSA) is 17.1 Å². The molecule has 0 spiro atoms. The van der Waals surface area contributed by atoms with E-state index in [9.17, 15) is 0 Å². The molecule has 0 amide bonds. The van der Waals surface area contributed by atoms with E-state index >= 15 is 0 Å². The Bertz CT molecular complexity index is 171. The summed E-state index contributed by atoms with van der Waals surface area (Å²) in [6, 6.07) is 10.0. The number of hydrogen-bond donors (Lipinski definition) is 0. The second-order valence-electron chi connectivity index (χ2n) is 4.46. The van der Waals surface area contributed by atoms with Gasteiger partial charge in [-0.3, -0.25) is 6.29 Å². The first kappa shape index (κ1) is 26.9. The van der Waals surface area contributed by atoms with Crippen LogP contribution in [0.2, 0.25) is 0 Å². The molecule has 0 saturated carbocycles. The van der Waals surface area contributed by atoms with Crippen molar-refractivity contribution in [1.82, 2.24) is 0 Å². The van der Waals surface area contributed by atoms with Gasteiger partial charge in [0.2, 0.25) is 0 Å². The van der Waals surface area contributed by atoms with Gasteiger partial charge >= 0.3 is 17.1 Å². The van der Waals surface area contributed by atoms with E-state index in [1.807, 2.05) is 30.3 Å². The maximum absolute atomic E-state index is 9.05.